The number of benzene rings is 2. The SMILES string of the molecule is CC(=O)N(C)c1ccc(NC(=O)N(C)CCOc2ccc(F)cc2)cc1. The molecule has 0 heterocycles. The Morgan fingerprint density at radius 3 is 2.23 bits per heavy atom. The van der Waals surface area contributed by atoms with Crippen molar-refractivity contribution in [2.75, 3.05) is 37.5 Å². The average Bonchev–Trinajstić information content (AvgIpc) is 2.63. The Kier molecular flexibility index (Phi) is 6.54. The Balaban J connectivity index is 1.80. The Labute approximate surface area is 152 Å². The molecular formula is C19H22FN3O3. The molecule has 0 atom stereocenters. The van der Waals surface area contributed by atoms with Crippen molar-refractivity contribution in [2.45, 2.75) is 6.92 Å². The van der Waals surface area contributed by atoms with Crippen LogP contribution in [0.15, 0.2) is 48.5 Å². The van der Waals surface area contributed by atoms with Gasteiger partial charge in [-0.25, -0.2) is 9.18 Å². The van der Waals surface area contributed by atoms with Crippen molar-refractivity contribution in [3.63, 3.8) is 0 Å². The molecule has 7 heteroatoms. The van der Waals surface area contributed by atoms with Gasteiger partial charge in [0.15, 0.2) is 0 Å². The number of ether oxygens (including phenoxy) is 1. The molecule has 2 rings (SSSR count). The van der Waals surface area contributed by atoms with E-state index in [0.717, 1.165) is 5.69 Å². The van der Waals surface area contributed by atoms with E-state index in [0.29, 0.717) is 18.0 Å². The lowest BCUT2D eigenvalue weighted by molar-refractivity contribution is -0.116. The summed E-state index contributed by atoms with van der Waals surface area (Å²) in [6.45, 7) is 2.14. The molecular weight excluding hydrogens is 337 g/mol. The van der Waals surface area contributed by atoms with Gasteiger partial charge in [-0.2, -0.15) is 0 Å². The Bertz CT molecular complexity index is 748. The first-order chi connectivity index (χ1) is 12.4. The number of amides is 3. The van der Waals surface area contributed by atoms with Crippen LogP contribution < -0.4 is 15.0 Å². The van der Waals surface area contributed by atoms with Crippen molar-refractivity contribution in [3.8, 4) is 5.75 Å². The van der Waals surface area contributed by atoms with Gasteiger partial charge in [0.2, 0.25) is 5.91 Å². The van der Waals surface area contributed by atoms with Gasteiger partial charge in [-0.05, 0) is 48.5 Å². The summed E-state index contributed by atoms with van der Waals surface area (Å²) in [5, 5.41) is 2.77. The summed E-state index contributed by atoms with van der Waals surface area (Å²) in [5.74, 6) is 0.155. The normalized spacial score (nSPS) is 10.2. The van der Waals surface area contributed by atoms with Crippen molar-refractivity contribution < 1.29 is 18.7 Å². The largest absolute Gasteiger partial charge is 0.492 e. The van der Waals surface area contributed by atoms with E-state index in [9.17, 15) is 14.0 Å². The molecule has 2 aromatic carbocycles. The maximum atomic E-state index is 12.8. The average molecular weight is 359 g/mol. The fraction of sp³-hybridized carbons (Fsp3) is 0.263. The molecule has 6 nitrogen and oxygen atoms in total. The third kappa shape index (κ3) is 5.47. The molecule has 0 saturated carbocycles. The minimum atomic E-state index is -0.325. The van der Waals surface area contributed by atoms with E-state index in [-0.39, 0.29) is 24.4 Å². The van der Waals surface area contributed by atoms with Gasteiger partial charge >= 0.3 is 6.03 Å². The molecule has 3 amide bonds. The topological polar surface area (TPSA) is 61.9 Å². The second kappa shape index (κ2) is 8.84. The quantitative estimate of drug-likeness (QED) is 0.860. The van der Waals surface area contributed by atoms with E-state index >= 15 is 0 Å². The highest BCUT2D eigenvalue weighted by atomic mass is 19.1. The lowest BCUT2D eigenvalue weighted by atomic mass is 10.2. The summed E-state index contributed by atoms with van der Waals surface area (Å²) < 4.78 is 18.3. The maximum Gasteiger partial charge on any atom is 0.321 e. The van der Waals surface area contributed by atoms with Gasteiger partial charge in [0.05, 0.1) is 6.54 Å². The highest BCUT2D eigenvalue weighted by molar-refractivity contribution is 5.92. The van der Waals surface area contributed by atoms with Crippen molar-refractivity contribution in [3.05, 3.63) is 54.3 Å². The van der Waals surface area contributed by atoms with Gasteiger partial charge in [-0.15, -0.1) is 0 Å². The predicted octanol–water partition coefficient (Wildman–Crippen LogP) is 3.35. The third-order valence-corrected chi connectivity index (χ3v) is 3.83. The van der Waals surface area contributed by atoms with Crippen LogP contribution in [0.2, 0.25) is 0 Å². The van der Waals surface area contributed by atoms with Crippen LogP contribution in [-0.2, 0) is 4.79 Å². The zero-order chi connectivity index (χ0) is 19.1. The summed E-state index contributed by atoms with van der Waals surface area (Å²) in [7, 11) is 3.34. The second-order valence-electron chi connectivity index (χ2n) is 5.78. The van der Waals surface area contributed by atoms with Crippen molar-refractivity contribution in [1.82, 2.24) is 4.90 Å². The first-order valence-electron chi connectivity index (χ1n) is 8.11. The number of halogens is 1. The number of nitrogens with zero attached hydrogens (tertiary/aromatic N) is 2. The van der Waals surface area contributed by atoms with E-state index in [1.54, 1.807) is 38.4 Å². The van der Waals surface area contributed by atoms with Gasteiger partial charge in [0.1, 0.15) is 18.2 Å². The molecule has 0 spiro atoms. The Morgan fingerprint density at radius 2 is 1.65 bits per heavy atom. The van der Waals surface area contributed by atoms with Crippen LogP contribution in [0.1, 0.15) is 6.92 Å². The second-order valence-corrected chi connectivity index (χ2v) is 5.78. The lowest BCUT2D eigenvalue weighted by Gasteiger charge is -2.19. The maximum absolute atomic E-state index is 12.8. The number of urea groups is 1. The van der Waals surface area contributed by atoms with E-state index in [1.807, 2.05) is 0 Å². The van der Waals surface area contributed by atoms with Crippen molar-refractivity contribution in [1.29, 1.82) is 0 Å². The standard InChI is InChI=1S/C19H22FN3O3/c1-14(24)23(3)17-8-6-16(7-9-17)21-19(25)22(2)12-13-26-18-10-4-15(20)5-11-18/h4-11H,12-13H2,1-3H3,(H,21,25). The number of hydrogen-bond donors (Lipinski definition) is 1. The van der Waals surface area contributed by atoms with Gasteiger partial charge in [-0.1, -0.05) is 0 Å². The number of carbonyl (C=O) groups excluding carboxylic acids is 2. The molecule has 0 saturated heterocycles. The molecule has 0 unspecified atom stereocenters. The molecule has 0 aliphatic rings. The highest BCUT2D eigenvalue weighted by Crippen LogP contribution is 2.17. The molecule has 0 aliphatic carbocycles. The summed E-state index contributed by atoms with van der Waals surface area (Å²) >= 11 is 0. The number of rotatable bonds is 6. The van der Waals surface area contributed by atoms with E-state index in [4.69, 9.17) is 4.74 Å². The number of hydrogen-bond acceptors (Lipinski definition) is 3. The Morgan fingerprint density at radius 1 is 1.04 bits per heavy atom. The number of nitrogens with one attached hydrogen (secondary N) is 1. The summed E-state index contributed by atoms with van der Waals surface area (Å²) in [6, 6.07) is 12.4. The zero-order valence-corrected chi connectivity index (χ0v) is 15.0. The molecule has 0 fully saturated rings. The van der Waals surface area contributed by atoms with Crippen molar-refractivity contribution >= 4 is 23.3 Å². The molecule has 0 aromatic heterocycles. The van der Waals surface area contributed by atoms with Gasteiger partial charge in [-0.3, -0.25) is 4.79 Å². The fourth-order valence-corrected chi connectivity index (χ4v) is 2.10. The minimum Gasteiger partial charge on any atom is -0.492 e. The van der Waals surface area contributed by atoms with Gasteiger partial charge in [0, 0.05) is 32.4 Å². The zero-order valence-electron chi connectivity index (χ0n) is 15.0. The predicted molar refractivity (Wildman–Crippen MR) is 99.1 cm³/mol. The summed E-state index contributed by atoms with van der Waals surface area (Å²) in [5.41, 5.74) is 1.37. The van der Waals surface area contributed by atoms with Crippen LogP contribution in [0, 0.1) is 5.82 Å². The monoisotopic (exact) mass is 359 g/mol. The van der Waals surface area contributed by atoms with E-state index < -0.39 is 0 Å². The van der Waals surface area contributed by atoms with Crippen molar-refractivity contribution in [2.24, 2.45) is 0 Å². The molecule has 1 N–H and O–H groups in total. The van der Waals surface area contributed by atoms with E-state index in [1.165, 1.54) is 41.0 Å². The van der Waals surface area contributed by atoms with Crippen LogP contribution in [0.4, 0.5) is 20.6 Å². The summed E-state index contributed by atoms with van der Waals surface area (Å²) in [4.78, 5) is 26.5. The van der Waals surface area contributed by atoms with Crippen LogP contribution >= 0.6 is 0 Å². The minimum absolute atomic E-state index is 0.0670. The number of likely N-dealkylation sites (N-methyl/N-ethyl adjacent to an activating group) is 1. The lowest BCUT2D eigenvalue weighted by Crippen LogP contribution is -2.34. The molecule has 0 bridgehead atoms. The smallest absolute Gasteiger partial charge is 0.321 e. The Hall–Kier alpha value is -3.09. The molecule has 26 heavy (non-hydrogen) atoms. The third-order valence-electron chi connectivity index (χ3n) is 3.83. The first kappa shape index (κ1) is 19.2. The molecule has 0 radical (unpaired) electrons. The molecule has 0 aliphatic heterocycles. The molecule has 138 valence electrons. The van der Waals surface area contributed by atoms with Crippen LogP contribution in [0.25, 0.3) is 0 Å². The fourth-order valence-electron chi connectivity index (χ4n) is 2.10. The highest BCUT2D eigenvalue weighted by Gasteiger charge is 2.10. The molecule has 2 aromatic rings. The van der Waals surface area contributed by atoms with Gasteiger partial charge < -0.3 is 19.9 Å². The number of carbonyl (C=O) groups is 2. The van der Waals surface area contributed by atoms with Crippen LogP contribution in [0.5, 0.6) is 5.75 Å². The van der Waals surface area contributed by atoms with Gasteiger partial charge in [0.25, 0.3) is 0 Å². The van der Waals surface area contributed by atoms with E-state index in [2.05, 4.69) is 5.32 Å². The first-order valence-corrected chi connectivity index (χ1v) is 8.11. The van der Waals surface area contributed by atoms with Crippen LogP contribution in [-0.4, -0.2) is 44.1 Å². The number of anilines is 2. The van der Waals surface area contributed by atoms with Crippen LogP contribution in [0.3, 0.4) is 0 Å². The summed E-state index contributed by atoms with van der Waals surface area (Å²) in [6.07, 6.45) is 0.